The van der Waals surface area contributed by atoms with Crippen molar-refractivity contribution in [2.24, 2.45) is 0 Å². The number of aromatic nitrogens is 1. The Kier molecular flexibility index (Phi) is 3.70. The number of allylic oxidation sites excluding steroid dienone is 2. The molecule has 5 nitrogen and oxygen atoms in total. The van der Waals surface area contributed by atoms with Crippen molar-refractivity contribution in [1.82, 2.24) is 4.98 Å². The second kappa shape index (κ2) is 5.68. The van der Waals surface area contributed by atoms with Crippen LogP contribution >= 0.6 is 0 Å². The molecule has 0 N–H and O–H groups in total. The number of fused-ring (bicyclic) bond motifs is 1. The second-order valence-electron chi connectivity index (χ2n) is 5.50. The zero-order valence-electron chi connectivity index (χ0n) is 13.0. The molecule has 0 fully saturated rings. The van der Waals surface area contributed by atoms with Crippen LogP contribution in [0.15, 0.2) is 48.0 Å². The minimum absolute atomic E-state index is 0.136. The molecule has 0 atom stereocenters. The zero-order valence-corrected chi connectivity index (χ0v) is 13.0. The van der Waals surface area contributed by atoms with Crippen molar-refractivity contribution in [2.75, 3.05) is 0 Å². The van der Waals surface area contributed by atoms with Crippen LogP contribution in [0.5, 0.6) is 11.5 Å². The highest BCUT2D eigenvalue weighted by Gasteiger charge is 2.31. The van der Waals surface area contributed by atoms with Crippen molar-refractivity contribution in [3.8, 4) is 11.5 Å². The van der Waals surface area contributed by atoms with Crippen LogP contribution in [0.3, 0.4) is 0 Å². The first kappa shape index (κ1) is 15.0. The van der Waals surface area contributed by atoms with Gasteiger partial charge in [0.05, 0.1) is 11.1 Å². The Balaban J connectivity index is 1.92. The molecule has 0 amide bonds. The average Bonchev–Trinajstić information content (AvgIpc) is 2.85. The van der Waals surface area contributed by atoms with E-state index in [1.54, 1.807) is 37.4 Å². The van der Waals surface area contributed by atoms with Gasteiger partial charge in [-0.05, 0) is 50.1 Å². The molecule has 3 rings (SSSR count). The van der Waals surface area contributed by atoms with Gasteiger partial charge < -0.3 is 9.47 Å². The van der Waals surface area contributed by atoms with Crippen molar-refractivity contribution in [3.05, 3.63) is 64.7 Å². The van der Waals surface area contributed by atoms with E-state index in [9.17, 15) is 9.59 Å². The third kappa shape index (κ3) is 2.73. The first-order chi connectivity index (χ1) is 11.0. The maximum absolute atomic E-state index is 12.3. The first-order valence-electron chi connectivity index (χ1n) is 7.14. The Hall–Kier alpha value is -2.95. The number of esters is 1. The van der Waals surface area contributed by atoms with Crippen LogP contribution in [0.25, 0.3) is 0 Å². The van der Waals surface area contributed by atoms with Crippen LogP contribution in [-0.2, 0) is 0 Å². The maximum Gasteiger partial charge on any atom is 0.345 e. The lowest BCUT2D eigenvalue weighted by Crippen LogP contribution is -2.09. The maximum atomic E-state index is 12.3. The summed E-state index contributed by atoms with van der Waals surface area (Å²) in [6.45, 7) is 5.42. The highest BCUT2D eigenvalue weighted by Crippen LogP contribution is 2.37. The van der Waals surface area contributed by atoms with Crippen molar-refractivity contribution in [3.63, 3.8) is 0 Å². The molecule has 0 radical (unpaired) electrons. The highest BCUT2D eigenvalue weighted by molar-refractivity contribution is 6.13. The molecule has 0 saturated carbocycles. The molecule has 1 aliphatic rings. The molecule has 2 heterocycles. The molecule has 1 aromatic carbocycles. The highest BCUT2D eigenvalue weighted by atomic mass is 16.5. The van der Waals surface area contributed by atoms with Gasteiger partial charge in [0.1, 0.15) is 11.5 Å². The molecule has 1 aromatic heterocycles. The SMILES string of the molecule is CC(C)=C1Oc2cc(OC(=O)c3cccnc3)cc(C)c2C1=O. The number of nitrogens with zero attached hydrogens (tertiary/aromatic N) is 1. The zero-order chi connectivity index (χ0) is 16.6. The topological polar surface area (TPSA) is 65.5 Å². The second-order valence-corrected chi connectivity index (χ2v) is 5.50. The van der Waals surface area contributed by atoms with Crippen molar-refractivity contribution >= 4 is 11.8 Å². The lowest BCUT2D eigenvalue weighted by atomic mass is 10.0. The fraction of sp³-hybridized carbons (Fsp3) is 0.167. The van der Waals surface area contributed by atoms with Gasteiger partial charge in [-0.1, -0.05) is 0 Å². The minimum atomic E-state index is -0.510. The van der Waals surface area contributed by atoms with E-state index in [2.05, 4.69) is 4.98 Å². The van der Waals surface area contributed by atoms with Gasteiger partial charge in [0.2, 0.25) is 5.78 Å². The first-order valence-corrected chi connectivity index (χ1v) is 7.14. The number of aryl methyl sites for hydroxylation is 1. The molecule has 1 aliphatic heterocycles. The van der Waals surface area contributed by atoms with Crippen molar-refractivity contribution in [2.45, 2.75) is 20.8 Å². The Morgan fingerprint density at radius 3 is 2.70 bits per heavy atom. The third-order valence-electron chi connectivity index (χ3n) is 3.48. The molecule has 5 heteroatoms. The number of hydrogen-bond donors (Lipinski definition) is 0. The summed E-state index contributed by atoms with van der Waals surface area (Å²) in [5.74, 6) is 0.434. The Labute approximate surface area is 133 Å². The number of Topliss-reactive ketones (excluding diaryl/α,β-unsaturated/α-hetero) is 1. The van der Waals surface area contributed by atoms with E-state index in [1.165, 1.54) is 6.20 Å². The summed E-state index contributed by atoms with van der Waals surface area (Å²) in [5, 5.41) is 0. The predicted octanol–water partition coefficient (Wildman–Crippen LogP) is 3.48. The van der Waals surface area contributed by atoms with Gasteiger partial charge >= 0.3 is 5.97 Å². The molecule has 23 heavy (non-hydrogen) atoms. The Morgan fingerprint density at radius 2 is 2.04 bits per heavy atom. The summed E-state index contributed by atoms with van der Waals surface area (Å²) < 4.78 is 11.0. The number of carbonyl (C=O) groups is 2. The van der Waals surface area contributed by atoms with E-state index < -0.39 is 5.97 Å². The predicted molar refractivity (Wildman–Crippen MR) is 83.7 cm³/mol. The Morgan fingerprint density at radius 1 is 1.26 bits per heavy atom. The number of pyridine rings is 1. The molecule has 0 unspecified atom stereocenters. The molecular weight excluding hydrogens is 294 g/mol. The van der Waals surface area contributed by atoms with Crippen LogP contribution in [0, 0.1) is 6.92 Å². The van der Waals surface area contributed by atoms with Crippen LogP contribution in [0.1, 0.15) is 40.1 Å². The number of ether oxygens (including phenoxy) is 2. The summed E-state index contributed by atoms with van der Waals surface area (Å²) in [5.41, 5.74) is 2.38. The monoisotopic (exact) mass is 309 g/mol. The summed E-state index contributed by atoms with van der Waals surface area (Å²) >= 11 is 0. The van der Waals surface area contributed by atoms with Gasteiger partial charge in [0.15, 0.2) is 5.76 Å². The molecule has 0 spiro atoms. The molecule has 2 aromatic rings. The van der Waals surface area contributed by atoms with Crippen LogP contribution in [0.2, 0.25) is 0 Å². The fourth-order valence-corrected chi connectivity index (χ4v) is 2.40. The average molecular weight is 309 g/mol. The summed E-state index contributed by atoms with van der Waals surface area (Å²) in [6.07, 6.45) is 3.01. The van der Waals surface area contributed by atoms with E-state index >= 15 is 0 Å². The normalized spacial score (nSPS) is 12.7. The molecule has 0 bridgehead atoms. The van der Waals surface area contributed by atoms with E-state index in [0.29, 0.717) is 33.9 Å². The summed E-state index contributed by atoms with van der Waals surface area (Å²) in [7, 11) is 0. The number of ketones is 1. The number of rotatable bonds is 2. The fourth-order valence-electron chi connectivity index (χ4n) is 2.40. The third-order valence-corrected chi connectivity index (χ3v) is 3.48. The van der Waals surface area contributed by atoms with Gasteiger partial charge in [0, 0.05) is 18.5 Å². The minimum Gasteiger partial charge on any atom is -0.452 e. The van der Waals surface area contributed by atoms with Crippen LogP contribution < -0.4 is 9.47 Å². The van der Waals surface area contributed by atoms with Gasteiger partial charge in [-0.2, -0.15) is 0 Å². The largest absolute Gasteiger partial charge is 0.452 e. The van der Waals surface area contributed by atoms with Crippen molar-refractivity contribution in [1.29, 1.82) is 0 Å². The van der Waals surface area contributed by atoms with E-state index in [1.807, 2.05) is 13.8 Å². The van der Waals surface area contributed by atoms with Crippen molar-refractivity contribution < 1.29 is 19.1 Å². The van der Waals surface area contributed by atoms with E-state index in [4.69, 9.17) is 9.47 Å². The summed E-state index contributed by atoms with van der Waals surface area (Å²) in [4.78, 5) is 28.3. The smallest absolute Gasteiger partial charge is 0.345 e. The molecular formula is C18H15NO4. The molecule has 0 saturated heterocycles. The molecule has 0 aliphatic carbocycles. The lowest BCUT2D eigenvalue weighted by Gasteiger charge is -2.07. The van der Waals surface area contributed by atoms with E-state index in [-0.39, 0.29) is 5.78 Å². The van der Waals surface area contributed by atoms with Gasteiger partial charge in [-0.25, -0.2) is 4.79 Å². The lowest BCUT2D eigenvalue weighted by molar-refractivity contribution is 0.0734. The van der Waals surface area contributed by atoms with E-state index in [0.717, 1.165) is 5.57 Å². The quantitative estimate of drug-likeness (QED) is 0.483. The number of benzene rings is 1. The van der Waals surface area contributed by atoms with Gasteiger partial charge in [0.25, 0.3) is 0 Å². The summed E-state index contributed by atoms with van der Waals surface area (Å²) in [6, 6.07) is 6.50. The molecule has 116 valence electrons. The van der Waals surface area contributed by atoms with Crippen LogP contribution in [-0.4, -0.2) is 16.7 Å². The number of carbonyl (C=O) groups excluding carboxylic acids is 2. The van der Waals surface area contributed by atoms with Crippen LogP contribution in [0.4, 0.5) is 0 Å². The number of hydrogen-bond acceptors (Lipinski definition) is 5. The van der Waals surface area contributed by atoms with Gasteiger partial charge in [-0.3, -0.25) is 9.78 Å². The van der Waals surface area contributed by atoms with Gasteiger partial charge in [-0.15, -0.1) is 0 Å². The Bertz CT molecular complexity index is 834. The standard InChI is InChI=1S/C18H15NO4/c1-10(2)17-16(20)15-11(3)7-13(8-14(15)23-17)22-18(21)12-5-4-6-19-9-12/h4-9H,1-3H3.